The lowest BCUT2D eigenvalue weighted by molar-refractivity contribution is 0.0641. The van der Waals surface area contributed by atoms with E-state index in [-0.39, 0.29) is 6.04 Å². The molecular weight excluding hydrogens is 234 g/mol. The predicted molar refractivity (Wildman–Crippen MR) is 52.7 cm³/mol. The highest BCUT2D eigenvalue weighted by atomic mass is 79.9. The van der Waals surface area contributed by atoms with Crippen molar-refractivity contribution in [1.29, 1.82) is 0 Å². The second-order valence-electron chi connectivity index (χ2n) is 3.00. The fourth-order valence-corrected chi connectivity index (χ4v) is 2.03. The first kappa shape index (κ1) is 8.99. The van der Waals surface area contributed by atoms with E-state index in [1.54, 1.807) is 0 Å². The Morgan fingerprint density at radius 3 is 3.00 bits per heavy atom. The molecule has 70 valence electrons. The molecule has 1 aromatic rings. The lowest BCUT2D eigenvalue weighted by Crippen LogP contribution is -2.35. The van der Waals surface area contributed by atoms with Crippen molar-refractivity contribution < 1.29 is 9.84 Å². The van der Waals surface area contributed by atoms with E-state index in [0.717, 1.165) is 11.3 Å². The van der Waals surface area contributed by atoms with Gasteiger partial charge < -0.3 is 9.84 Å². The number of nitrogens with one attached hydrogen (secondary N) is 1. The van der Waals surface area contributed by atoms with Gasteiger partial charge in [0.15, 0.2) is 0 Å². The molecule has 0 saturated heterocycles. The fourth-order valence-electron chi connectivity index (χ4n) is 1.48. The molecule has 0 unspecified atom stereocenters. The van der Waals surface area contributed by atoms with Crippen molar-refractivity contribution in [1.82, 2.24) is 4.34 Å². The zero-order valence-corrected chi connectivity index (χ0v) is 8.49. The summed E-state index contributed by atoms with van der Waals surface area (Å²) in [5, 5.41) is 9.60. The molecule has 2 N–H and O–H groups in total. The second-order valence-corrected chi connectivity index (χ2v) is 3.46. The number of fused-ring (bicyclic) bond motifs is 1. The average molecular weight is 244 g/mol. The lowest BCUT2D eigenvalue weighted by atomic mass is 9.99. The summed E-state index contributed by atoms with van der Waals surface area (Å²) in [5.74, 6) is 0.838. The highest BCUT2D eigenvalue weighted by Gasteiger charge is 2.28. The minimum atomic E-state index is -0.505. The number of ether oxygens (including phenoxy) is 1. The Bertz CT molecular complexity index is 305. The molecule has 0 saturated carbocycles. The Labute approximate surface area is 85.1 Å². The number of aliphatic hydroxyl groups excluding tert-OH is 1. The van der Waals surface area contributed by atoms with Gasteiger partial charge in [-0.05, 0) is 6.07 Å². The van der Waals surface area contributed by atoms with Crippen LogP contribution in [-0.2, 0) is 0 Å². The highest BCUT2D eigenvalue weighted by molar-refractivity contribution is 9.08. The Kier molecular flexibility index (Phi) is 2.53. The molecule has 1 aliphatic heterocycles. The van der Waals surface area contributed by atoms with Crippen LogP contribution in [0.3, 0.4) is 0 Å². The van der Waals surface area contributed by atoms with Crippen LogP contribution >= 0.6 is 16.1 Å². The van der Waals surface area contributed by atoms with E-state index in [2.05, 4.69) is 20.5 Å². The van der Waals surface area contributed by atoms with Crippen LogP contribution < -0.4 is 9.08 Å². The molecule has 0 radical (unpaired) electrons. The van der Waals surface area contributed by atoms with E-state index in [1.807, 2.05) is 24.3 Å². The van der Waals surface area contributed by atoms with Crippen molar-refractivity contribution in [3.05, 3.63) is 29.8 Å². The molecule has 13 heavy (non-hydrogen) atoms. The van der Waals surface area contributed by atoms with E-state index in [9.17, 15) is 5.11 Å². The van der Waals surface area contributed by atoms with Crippen LogP contribution in [0.1, 0.15) is 11.6 Å². The maximum Gasteiger partial charge on any atom is 0.124 e. The third-order valence-corrected chi connectivity index (χ3v) is 2.66. The minimum absolute atomic E-state index is 0.0926. The van der Waals surface area contributed by atoms with Gasteiger partial charge in [0.2, 0.25) is 0 Å². The van der Waals surface area contributed by atoms with Crippen molar-refractivity contribution >= 4 is 16.1 Å². The summed E-state index contributed by atoms with van der Waals surface area (Å²) in [6.45, 7) is 0.334. The van der Waals surface area contributed by atoms with Gasteiger partial charge in [0.05, 0.1) is 6.04 Å². The normalized spacial score (nSPS) is 26.3. The first-order valence-electron chi connectivity index (χ1n) is 4.09. The van der Waals surface area contributed by atoms with Crippen LogP contribution in [0.15, 0.2) is 24.3 Å². The summed E-state index contributed by atoms with van der Waals surface area (Å²) in [6.07, 6.45) is -0.505. The Hall–Kier alpha value is -0.580. The summed E-state index contributed by atoms with van der Waals surface area (Å²) in [5.41, 5.74) is 0.984. The molecule has 3 nitrogen and oxygen atoms in total. The number of para-hydroxylation sites is 1. The third-order valence-electron chi connectivity index (χ3n) is 2.17. The average Bonchev–Trinajstić information content (AvgIpc) is 2.18. The molecule has 0 fully saturated rings. The SMILES string of the molecule is O[C@H]1COc2ccccc2[C@H]1NBr. The van der Waals surface area contributed by atoms with Crippen molar-refractivity contribution in [2.24, 2.45) is 0 Å². The molecule has 4 heteroatoms. The van der Waals surface area contributed by atoms with Crippen molar-refractivity contribution in [2.45, 2.75) is 12.1 Å². The molecule has 1 aromatic carbocycles. The van der Waals surface area contributed by atoms with E-state index in [4.69, 9.17) is 4.74 Å². The number of hydrogen-bond donors (Lipinski definition) is 2. The maximum absolute atomic E-state index is 9.60. The fraction of sp³-hybridized carbons (Fsp3) is 0.333. The number of hydrogen-bond acceptors (Lipinski definition) is 3. The minimum Gasteiger partial charge on any atom is -0.490 e. The Morgan fingerprint density at radius 2 is 2.23 bits per heavy atom. The largest absolute Gasteiger partial charge is 0.490 e. The second kappa shape index (κ2) is 3.65. The van der Waals surface area contributed by atoms with Gasteiger partial charge in [-0.1, -0.05) is 18.2 Å². The quantitative estimate of drug-likeness (QED) is 0.733. The summed E-state index contributed by atoms with van der Waals surface area (Å²) in [7, 11) is 0. The molecule has 0 aromatic heterocycles. The number of rotatable bonds is 1. The van der Waals surface area contributed by atoms with Gasteiger partial charge in [-0.3, -0.25) is 0 Å². The molecule has 0 spiro atoms. The molecule has 0 aliphatic carbocycles. The van der Waals surface area contributed by atoms with Crippen LogP contribution in [0.5, 0.6) is 5.75 Å². The summed E-state index contributed by atoms with van der Waals surface area (Å²) in [4.78, 5) is 0. The molecule has 0 bridgehead atoms. The van der Waals surface area contributed by atoms with Gasteiger partial charge in [-0.2, -0.15) is 0 Å². The molecular formula is C9H10BrNO2. The van der Waals surface area contributed by atoms with Gasteiger partial charge in [-0.25, -0.2) is 4.34 Å². The number of aliphatic hydroxyl groups is 1. The van der Waals surface area contributed by atoms with Gasteiger partial charge in [0.25, 0.3) is 0 Å². The summed E-state index contributed by atoms with van der Waals surface area (Å²) in [6, 6.07) is 7.60. The van der Waals surface area contributed by atoms with E-state index in [1.165, 1.54) is 0 Å². The zero-order valence-electron chi connectivity index (χ0n) is 6.90. The van der Waals surface area contributed by atoms with Crippen molar-refractivity contribution in [3.63, 3.8) is 0 Å². The molecule has 1 aliphatic rings. The zero-order chi connectivity index (χ0) is 9.26. The van der Waals surface area contributed by atoms with Crippen molar-refractivity contribution in [2.75, 3.05) is 6.61 Å². The molecule has 0 amide bonds. The molecule has 1 heterocycles. The predicted octanol–water partition coefficient (Wildman–Crippen LogP) is 1.38. The van der Waals surface area contributed by atoms with E-state index in [0.29, 0.717) is 6.61 Å². The standard InChI is InChI=1S/C9H10BrNO2/c10-11-9-6-3-1-2-4-8(6)13-5-7(9)12/h1-4,7,9,11-12H,5H2/t7-,9+/m0/s1. The molecule has 2 atom stereocenters. The van der Waals surface area contributed by atoms with E-state index >= 15 is 0 Å². The van der Waals surface area contributed by atoms with E-state index < -0.39 is 6.10 Å². The van der Waals surface area contributed by atoms with Crippen LogP contribution in [-0.4, -0.2) is 17.8 Å². The lowest BCUT2D eigenvalue weighted by Gasteiger charge is -2.29. The smallest absolute Gasteiger partial charge is 0.124 e. The molecule has 2 rings (SSSR count). The van der Waals surface area contributed by atoms with Gasteiger partial charge in [0, 0.05) is 21.7 Å². The van der Waals surface area contributed by atoms with Crippen molar-refractivity contribution in [3.8, 4) is 5.75 Å². The van der Waals surface area contributed by atoms with Gasteiger partial charge in [-0.15, -0.1) is 0 Å². The Morgan fingerprint density at radius 1 is 1.46 bits per heavy atom. The highest BCUT2D eigenvalue weighted by Crippen LogP contribution is 2.32. The van der Waals surface area contributed by atoms with Crippen LogP contribution in [0.2, 0.25) is 0 Å². The van der Waals surface area contributed by atoms with Crippen LogP contribution in [0, 0.1) is 0 Å². The first-order chi connectivity index (χ1) is 6.33. The monoisotopic (exact) mass is 243 g/mol. The maximum atomic E-state index is 9.60. The topological polar surface area (TPSA) is 41.5 Å². The Balaban J connectivity index is 2.39. The number of benzene rings is 1. The van der Waals surface area contributed by atoms with Crippen LogP contribution in [0.25, 0.3) is 0 Å². The summed E-state index contributed by atoms with van der Waals surface area (Å²) < 4.78 is 8.25. The first-order valence-corrected chi connectivity index (χ1v) is 4.88. The van der Waals surface area contributed by atoms with Gasteiger partial charge >= 0.3 is 0 Å². The summed E-state index contributed by atoms with van der Waals surface area (Å²) >= 11 is 3.16. The van der Waals surface area contributed by atoms with Gasteiger partial charge in [0.1, 0.15) is 18.5 Å². The number of halogens is 1. The third kappa shape index (κ3) is 1.57. The van der Waals surface area contributed by atoms with Crippen LogP contribution in [0.4, 0.5) is 0 Å².